The fraction of sp³-hybridized carbons (Fsp3) is 0.125. The number of hydrogen-bond donors (Lipinski definition) is 1. The molecule has 4 nitrogen and oxygen atoms in total. The van der Waals surface area contributed by atoms with Gasteiger partial charge in [0.15, 0.2) is 11.5 Å². The third kappa shape index (κ3) is 5.39. The quantitative estimate of drug-likeness (QED) is 0.544. The van der Waals surface area contributed by atoms with Crippen LogP contribution in [0.1, 0.15) is 11.1 Å². The Balaban J connectivity index is 1.67. The van der Waals surface area contributed by atoms with Crippen LogP contribution in [0.4, 0.5) is 5.69 Å². The normalized spacial score (nSPS) is 10.8. The lowest BCUT2D eigenvalue weighted by molar-refractivity contribution is 0.284. The van der Waals surface area contributed by atoms with Crippen molar-refractivity contribution >= 4 is 5.69 Å². The molecule has 0 radical (unpaired) electrons. The van der Waals surface area contributed by atoms with Gasteiger partial charge in [-0.25, -0.2) is 0 Å². The van der Waals surface area contributed by atoms with Crippen molar-refractivity contribution in [3.05, 3.63) is 102 Å². The molecule has 0 saturated carbocycles. The molecular formula is C24H22N2O2. The Kier molecular flexibility index (Phi) is 6.70. The van der Waals surface area contributed by atoms with Crippen LogP contribution in [0.3, 0.4) is 0 Å². The van der Waals surface area contributed by atoms with Gasteiger partial charge >= 0.3 is 0 Å². The van der Waals surface area contributed by atoms with E-state index in [1.54, 1.807) is 13.3 Å². The van der Waals surface area contributed by atoms with Crippen LogP contribution in [-0.4, -0.2) is 7.11 Å². The highest BCUT2D eigenvalue weighted by molar-refractivity contribution is 5.48. The number of nitrogens with zero attached hydrogens (tertiary/aromatic N) is 1. The number of anilines is 1. The molecule has 4 heteroatoms. The van der Waals surface area contributed by atoms with E-state index in [0.29, 0.717) is 30.1 Å². The third-order valence-corrected chi connectivity index (χ3v) is 4.19. The first-order valence-electron chi connectivity index (χ1n) is 9.03. The van der Waals surface area contributed by atoms with Gasteiger partial charge in [0.25, 0.3) is 0 Å². The third-order valence-electron chi connectivity index (χ3n) is 4.19. The second-order valence-electron chi connectivity index (χ2n) is 6.23. The van der Waals surface area contributed by atoms with Gasteiger partial charge in [0.2, 0.25) is 0 Å². The van der Waals surface area contributed by atoms with E-state index in [-0.39, 0.29) is 0 Å². The summed E-state index contributed by atoms with van der Waals surface area (Å²) in [6, 6.07) is 27.7. The molecule has 3 aromatic carbocycles. The molecule has 0 fully saturated rings. The van der Waals surface area contributed by atoms with Crippen LogP contribution in [0.15, 0.2) is 90.6 Å². The standard InChI is InChI=1S/C24H22N2O2/c1-27-24-15-20(12-13-23(24)28-18-19-8-4-2-5-9-19)14-21(16-25)17-26-22-10-6-3-7-11-22/h2-13,15,17,26H,14,18H2,1H3. The Morgan fingerprint density at radius 1 is 0.929 bits per heavy atom. The van der Waals surface area contributed by atoms with Crippen molar-refractivity contribution in [2.24, 2.45) is 0 Å². The van der Waals surface area contributed by atoms with E-state index in [9.17, 15) is 5.26 Å². The van der Waals surface area contributed by atoms with Crippen molar-refractivity contribution in [1.82, 2.24) is 0 Å². The van der Waals surface area contributed by atoms with Crippen molar-refractivity contribution in [2.45, 2.75) is 13.0 Å². The van der Waals surface area contributed by atoms with E-state index in [4.69, 9.17) is 9.47 Å². The maximum atomic E-state index is 9.44. The fourth-order valence-electron chi connectivity index (χ4n) is 2.72. The minimum absolute atomic E-state index is 0.473. The molecule has 3 rings (SSSR count). The number of benzene rings is 3. The van der Waals surface area contributed by atoms with Crippen LogP contribution in [0, 0.1) is 11.3 Å². The average Bonchev–Trinajstić information content (AvgIpc) is 2.77. The zero-order chi connectivity index (χ0) is 19.6. The zero-order valence-electron chi connectivity index (χ0n) is 15.8. The highest BCUT2D eigenvalue weighted by atomic mass is 16.5. The van der Waals surface area contributed by atoms with Crippen LogP contribution in [0.25, 0.3) is 0 Å². The number of methoxy groups -OCH3 is 1. The molecule has 1 N–H and O–H groups in total. The predicted molar refractivity (Wildman–Crippen MR) is 111 cm³/mol. The van der Waals surface area contributed by atoms with Gasteiger partial charge in [-0.05, 0) is 35.4 Å². The number of nitriles is 1. The second kappa shape index (κ2) is 9.84. The number of nitrogens with one attached hydrogen (secondary N) is 1. The molecule has 0 aromatic heterocycles. The summed E-state index contributed by atoms with van der Waals surface area (Å²) in [5.41, 5.74) is 3.64. The Hall–Kier alpha value is -3.71. The molecule has 0 aliphatic rings. The predicted octanol–water partition coefficient (Wildman–Crippen LogP) is 5.34. The van der Waals surface area contributed by atoms with E-state index >= 15 is 0 Å². The van der Waals surface area contributed by atoms with E-state index < -0.39 is 0 Å². The first-order chi connectivity index (χ1) is 13.8. The molecule has 28 heavy (non-hydrogen) atoms. The minimum atomic E-state index is 0.473. The van der Waals surface area contributed by atoms with Crippen molar-refractivity contribution in [3.63, 3.8) is 0 Å². The van der Waals surface area contributed by atoms with Gasteiger partial charge in [-0.2, -0.15) is 5.26 Å². The summed E-state index contributed by atoms with van der Waals surface area (Å²) in [6.07, 6.45) is 2.24. The van der Waals surface area contributed by atoms with E-state index in [0.717, 1.165) is 16.8 Å². The number of hydrogen-bond acceptors (Lipinski definition) is 4. The highest BCUT2D eigenvalue weighted by Crippen LogP contribution is 2.29. The Morgan fingerprint density at radius 2 is 1.64 bits per heavy atom. The number of rotatable bonds is 8. The average molecular weight is 370 g/mol. The molecule has 0 bridgehead atoms. The molecule has 0 aliphatic carbocycles. The Bertz CT molecular complexity index is 961. The Labute approximate surface area is 165 Å². The summed E-state index contributed by atoms with van der Waals surface area (Å²) >= 11 is 0. The maximum absolute atomic E-state index is 9.44. The topological polar surface area (TPSA) is 54.3 Å². The summed E-state index contributed by atoms with van der Waals surface area (Å²) in [6.45, 7) is 0.473. The van der Waals surface area contributed by atoms with Crippen LogP contribution >= 0.6 is 0 Å². The zero-order valence-corrected chi connectivity index (χ0v) is 15.8. The van der Waals surface area contributed by atoms with E-state index in [1.807, 2.05) is 78.9 Å². The van der Waals surface area contributed by atoms with Gasteiger partial charge in [0.1, 0.15) is 6.61 Å². The second-order valence-corrected chi connectivity index (χ2v) is 6.23. The van der Waals surface area contributed by atoms with Crippen molar-refractivity contribution in [3.8, 4) is 17.6 Å². The molecule has 0 amide bonds. The van der Waals surface area contributed by atoms with Gasteiger partial charge < -0.3 is 14.8 Å². The lowest BCUT2D eigenvalue weighted by Crippen LogP contribution is -1.99. The van der Waals surface area contributed by atoms with Gasteiger partial charge in [-0.1, -0.05) is 54.6 Å². The fourth-order valence-corrected chi connectivity index (χ4v) is 2.72. The molecule has 3 aromatic rings. The van der Waals surface area contributed by atoms with Crippen LogP contribution < -0.4 is 14.8 Å². The summed E-state index contributed by atoms with van der Waals surface area (Å²) in [4.78, 5) is 0. The number of allylic oxidation sites excluding steroid dienone is 1. The van der Waals surface area contributed by atoms with E-state index in [2.05, 4.69) is 11.4 Å². The molecule has 0 aliphatic heterocycles. The van der Waals surface area contributed by atoms with Gasteiger partial charge in [0.05, 0.1) is 13.2 Å². The van der Waals surface area contributed by atoms with Crippen LogP contribution in [0.5, 0.6) is 11.5 Å². The molecule has 0 saturated heterocycles. The lowest BCUT2D eigenvalue weighted by atomic mass is 10.1. The summed E-state index contributed by atoms with van der Waals surface area (Å²) in [5, 5.41) is 12.6. The minimum Gasteiger partial charge on any atom is -0.493 e. The summed E-state index contributed by atoms with van der Waals surface area (Å²) < 4.78 is 11.4. The van der Waals surface area contributed by atoms with Gasteiger partial charge in [-0.3, -0.25) is 0 Å². The molecule has 140 valence electrons. The Morgan fingerprint density at radius 3 is 2.32 bits per heavy atom. The van der Waals surface area contributed by atoms with Gasteiger partial charge in [-0.15, -0.1) is 0 Å². The highest BCUT2D eigenvalue weighted by Gasteiger charge is 2.08. The van der Waals surface area contributed by atoms with Gasteiger partial charge in [0, 0.05) is 23.9 Å². The molecular weight excluding hydrogens is 348 g/mol. The lowest BCUT2D eigenvalue weighted by Gasteiger charge is -2.12. The molecule has 0 atom stereocenters. The maximum Gasteiger partial charge on any atom is 0.161 e. The van der Waals surface area contributed by atoms with Crippen LogP contribution in [-0.2, 0) is 13.0 Å². The number of ether oxygens (including phenoxy) is 2. The SMILES string of the molecule is COc1cc(CC(C#N)=CNc2ccccc2)ccc1OCc1ccccc1. The van der Waals surface area contributed by atoms with Crippen LogP contribution in [0.2, 0.25) is 0 Å². The van der Waals surface area contributed by atoms with Crippen molar-refractivity contribution in [1.29, 1.82) is 5.26 Å². The van der Waals surface area contributed by atoms with E-state index in [1.165, 1.54) is 0 Å². The number of para-hydroxylation sites is 1. The largest absolute Gasteiger partial charge is 0.493 e. The molecule has 0 spiro atoms. The van der Waals surface area contributed by atoms with Crippen molar-refractivity contribution in [2.75, 3.05) is 12.4 Å². The first kappa shape index (κ1) is 19.1. The van der Waals surface area contributed by atoms with Crippen molar-refractivity contribution < 1.29 is 9.47 Å². The summed E-state index contributed by atoms with van der Waals surface area (Å²) in [7, 11) is 1.62. The molecule has 0 unspecified atom stereocenters. The smallest absolute Gasteiger partial charge is 0.161 e. The summed E-state index contributed by atoms with van der Waals surface area (Å²) in [5.74, 6) is 1.33. The molecule has 0 heterocycles. The monoisotopic (exact) mass is 370 g/mol. The first-order valence-corrected chi connectivity index (χ1v) is 9.03.